The first-order valence-corrected chi connectivity index (χ1v) is 7.76. The van der Waals surface area contributed by atoms with E-state index < -0.39 is 10.0 Å². The van der Waals surface area contributed by atoms with Crippen LogP contribution < -0.4 is 10.0 Å². The Bertz CT molecular complexity index is 687. The van der Waals surface area contributed by atoms with Gasteiger partial charge in [-0.3, -0.25) is 0 Å². The van der Waals surface area contributed by atoms with Crippen molar-refractivity contribution < 1.29 is 8.42 Å². The SMILES string of the molecule is CNc1ccc(S(=O)(=O)NCc2ccccc2Cl)cn1. The normalized spacial score (nSPS) is 11.3. The summed E-state index contributed by atoms with van der Waals surface area (Å²) in [6.07, 6.45) is 1.31. The van der Waals surface area contributed by atoms with Gasteiger partial charge in [0.1, 0.15) is 10.7 Å². The fourth-order valence-corrected chi connectivity index (χ4v) is 2.74. The minimum Gasteiger partial charge on any atom is -0.373 e. The van der Waals surface area contributed by atoms with E-state index in [4.69, 9.17) is 11.6 Å². The number of hydrogen-bond donors (Lipinski definition) is 2. The molecule has 0 bridgehead atoms. The van der Waals surface area contributed by atoms with Gasteiger partial charge in [0.2, 0.25) is 10.0 Å². The van der Waals surface area contributed by atoms with E-state index >= 15 is 0 Å². The van der Waals surface area contributed by atoms with Crippen molar-refractivity contribution in [1.29, 1.82) is 0 Å². The highest BCUT2D eigenvalue weighted by Crippen LogP contribution is 2.16. The zero-order valence-corrected chi connectivity index (χ0v) is 12.4. The fraction of sp³-hybridized carbons (Fsp3) is 0.154. The first-order chi connectivity index (χ1) is 9.53. The predicted octanol–water partition coefficient (Wildman–Crippen LogP) is 2.26. The summed E-state index contributed by atoms with van der Waals surface area (Å²) < 4.78 is 26.7. The number of hydrogen-bond acceptors (Lipinski definition) is 4. The molecule has 2 N–H and O–H groups in total. The number of pyridine rings is 1. The first-order valence-electron chi connectivity index (χ1n) is 5.90. The van der Waals surface area contributed by atoms with Gasteiger partial charge >= 0.3 is 0 Å². The number of nitrogens with one attached hydrogen (secondary N) is 2. The molecule has 0 amide bonds. The Labute approximate surface area is 123 Å². The highest BCUT2D eigenvalue weighted by Gasteiger charge is 2.14. The van der Waals surface area contributed by atoms with E-state index in [9.17, 15) is 8.42 Å². The Morgan fingerprint density at radius 2 is 1.95 bits per heavy atom. The van der Waals surface area contributed by atoms with Crippen LogP contribution in [-0.4, -0.2) is 20.4 Å². The second kappa shape index (κ2) is 6.21. The summed E-state index contributed by atoms with van der Waals surface area (Å²) in [6, 6.07) is 10.2. The van der Waals surface area contributed by atoms with Crippen LogP contribution in [-0.2, 0) is 16.6 Å². The molecule has 7 heteroatoms. The average Bonchev–Trinajstić information content (AvgIpc) is 2.46. The van der Waals surface area contributed by atoms with Crippen LogP contribution >= 0.6 is 11.6 Å². The van der Waals surface area contributed by atoms with E-state index in [1.54, 1.807) is 37.4 Å². The predicted molar refractivity (Wildman–Crippen MR) is 79.3 cm³/mol. The van der Waals surface area contributed by atoms with Crippen LogP contribution in [0.15, 0.2) is 47.5 Å². The highest BCUT2D eigenvalue weighted by atomic mass is 35.5. The van der Waals surface area contributed by atoms with Gasteiger partial charge in [-0.25, -0.2) is 18.1 Å². The maximum atomic E-state index is 12.1. The molecule has 1 heterocycles. The van der Waals surface area contributed by atoms with Gasteiger partial charge < -0.3 is 5.32 Å². The van der Waals surface area contributed by atoms with Crippen molar-refractivity contribution in [3.05, 3.63) is 53.2 Å². The lowest BCUT2D eigenvalue weighted by Gasteiger charge is -2.08. The maximum Gasteiger partial charge on any atom is 0.242 e. The molecule has 0 radical (unpaired) electrons. The van der Waals surface area contributed by atoms with Crippen molar-refractivity contribution in [2.45, 2.75) is 11.4 Å². The highest BCUT2D eigenvalue weighted by molar-refractivity contribution is 7.89. The van der Waals surface area contributed by atoms with Gasteiger partial charge in [-0.2, -0.15) is 0 Å². The Kier molecular flexibility index (Phi) is 4.59. The van der Waals surface area contributed by atoms with Gasteiger partial charge in [0.25, 0.3) is 0 Å². The molecule has 0 aliphatic carbocycles. The van der Waals surface area contributed by atoms with Gasteiger partial charge in [-0.15, -0.1) is 0 Å². The number of nitrogens with zero attached hydrogens (tertiary/aromatic N) is 1. The molecular formula is C13H14ClN3O2S. The molecule has 0 atom stereocenters. The van der Waals surface area contributed by atoms with Gasteiger partial charge in [0.15, 0.2) is 0 Å². The molecule has 2 aromatic rings. The zero-order valence-electron chi connectivity index (χ0n) is 10.8. The second-order valence-electron chi connectivity index (χ2n) is 4.05. The van der Waals surface area contributed by atoms with Gasteiger partial charge in [-0.1, -0.05) is 29.8 Å². The molecule has 5 nitrogen and oxygen atoms in total. The van der Waals surface area contributed by atoms with Crippen LogP contribution in [0.2, 0.25) is 5.02 Å². The number of aromatic nitrogens is 1. The van der Waals surface area contributed by atoms with Gasteiger partial charge in [0.05, 0.1) is 0 Å². The molecule has 2 rings (SSSR count). The Hall–Kier alpha value is -1.63. The van der Waals surface area contributed by atoms with E-state index in [0.717, 1.165) is 5.56 Å². The molecule has 1 aromatic heterocycles. The summed E-state index contributed by atoms with van der Waals surface area (Å²) in [4.78, 5) is 4.09. The van der Waals surface area contributed by atoms with E-state index in [1.807, 2.05) is 0 Å². The first kappa shape index (κ1) is 14.8. The monoisotopic (exact) mass is 311 g/mol. The fourth-order valence-electron chi connectivity index (χ4n) is 1.58. The molecule has 106 valence electrons. The zero-order chi connectivity index (χ0) is 14.6. The molecule has 1 aromatic carbocycles. The van der Waals surface area contributed by atoms with Crippen molar-refractivity contribution in [2.24, 2.45) is 0 Å². The lowest BCUT2D eigenvalue weighted by molar-refractivity contribution is 0.581. The summed E-state index contributed by atoms with van der Waals surface area (Å²) in [5, 5.41) is 3.35. The van der Waals surface area contributed by atoms with Crippen LogP contribution in [0.25, 0.3) is 0 Å². The van der Waals surface area contributed by atoms with Crippen LogP contribution in [0.3, 0.4) is 0 Å². The summed E-state index contributed by atoms with van der Waals surface area (Å²) in [5.41, 5.74) is 0.720. The van der Waals surface area contributed by atoms with E-state index in [2.05, 4.69) is 15.0 Å². The van der Waals surface area contributed by atoms with Crippen molar-refractivity contribution >= 4 is 27.4 Å². The van der Waals surface area contributed by atoms with Gasteiger partial charge in [0, 0.05) is 24.8 Å². The molecule has 0 saturated carbocycles. The molecule has 0 fully saturated rings. The third-order valence-corrected chi connectivity index (χ3v) is 4.47. The maximum absolute atomic E-state index is 12.1. The minimum atomic E-state index is -3.60. The molecule has 20 heavy (non-hydrogen) atoms. The Balaban J connectivity index is 2.13. The standard InChI is InChI=1S/C13H14ClN3O2S/c1-15-13-7-6-11(9-16-13)20(18,19)17-8-10-4-2-3-5-12(10)14/h2-7,9,17H,8H2,1H3,(H,15,16). The number of anilines is 1. The molecule has 0 saturated heterocycles. The largest absolute Gasteiger partial charge is 0.373 e. The molecular weight excluding hydrogens is 298 g/mol. The second-order valence-corrected chi connectivity index (χ2v) is 6.22. The Morgan fingerprint density at radius 1 is 1.20 bits per heavy atom. The van der Waals surface area contributed by atoms with Crippen LogP contribution in [0, 0.1) is 0 Å². The summed E-state index contributed by atoms with van der Waals surface area (Å²) in [7, 11) is -1.88. The Morgan fingerprint density at radius 3 is 2.55 bits per heavy atom. The minimum absolute atomic E-state index is 0.114. The number of benzene rings is 1. The lowest BCUT2D eigenvalue weighted by atomic mass is 10.2. The average molecular weight is 312 g/mol. The quantitative estimate of drug-likeness (QED) is 0.888. The van der Waals surface area contributed by atoms with Crippen LogP contribution in [0.1, 0.15) is 5.56 Å². The van der Waals surface area contributed by atoms with Gasteiger partial charge in [-0.05, 0) is 23.8 Å². The lowest BCUT2D eigenvalue weighted by Crippen LogP contribution is -2.23. The van der Waals surface area contributed by atoms with Crippen molar-refractivity contribution in [3.8, 4) is 0 Å². The smallest absolute Gasteiger partial charge is 0.242 e. The van der Waals surface area contributed by atoms with Crippen molar-refractivity contribution in [3.63, 3.8) is 0 Å². The third kappa shape index (κ3) is 3.47. The van der Waals surface area contributed by atoms with Crippen molar-refractivity contribution in [1.82, 2.24) is 9.71 Å². The topological polar surface area (TPSA) is 71.1 Å². The summed E-state index contributed by atoms with van der Waals surface area (Å²) in [5.74, 6) is 0.607. The number of rotatable bonds is 5. The number of halogens is 1. The molecule has 0 aliphatic heterocycles. The summed E-state index contributed by atoms with van der Waals surface area (Å²) >= 11 is 5.98. The van der Waals surface area contributed by atoms with Crippen LogP contribution in [0.4, 0.5) is 5.82 Å². The van der Waals surface area contributed by atoms with E-state index in [1.165, 1.54) is 12.3 Å². The van der Waals surface area contributed by atoms with E-state index in [0.29, 0.717) is 10.8 Å². The molecule has 0 aliphatic rings. The third-order valence-electron chi connectivity index (χ3n) is 2.71. The van der Waals surface area contributed by atoms with Crippen molar-refractivity contribution in [2.75, 3.05) is 12.4 Å². The van der Waals surface area contributed by atoms with Crippen LogP contribution in [0.5, 0.6) is 0 Å². The number of sulfonamides is 1. The summed E-state index contributed by atoms with van der Waals surface area (Å²) in [6.45, 7) is 0.135. The van der Waals surface area contributed by atoms with E-state index in [-0.39, 0.29) is 11.4 Å². The molecule has 0 spiro atoms. The molecule has 0 unspecified atom stereocenters.